The lowest BCUT2D eigenvalue weighted by Gasteiger charge is -2.14. The third-order valence-electron chi connectivity index (χ3n) is 6.04. The Hall–Kier alpha value is -2.98. The first-order valence-corrected chi connectivity index (χ1v) is 14.0. The van der Waals surface area contributed by atoms with E-state index in [1.807, 2.05) is 26.0 Å². The number of nitrogens with one attached hydrogen (secondary N) is 1. The van der Waals surface area contributed by atoms with Crippen LogP contribution in [0.2, 0.25) is 10.0 Å². The van der Waals surface area contributed by atoms with Gasteiger partial charge in [0.05, 0.1) is 28.6 Å². The van der Waals surface area contributed by atoms with Gasteiger partial charge >= 0.3 is 0 Å². The summed E-state index contributed by atoms with van der Waals surface area (Å²) >= 11 is 16.3. The number of methoxy groups -OCH3 is 1. The van der Waals surface area contributed by atoms with Crippen molar-refractivity contribution in [2.24, 2.45) is 0 Å². The molecule has 39 heavy (non-hydrogen) atoms. The first-order chi connectivity index (χ1) is 18.6. The highest BCUT2D eigenvalue weighted by Gasteiger charge is 2.35. The minimum atomic E-state index is -0.412. The Labute approximate surface area is 248 Å². The van der Waals surface area contributed by atoms with Crippen LogP contribution in [0.3, 0.4) is 0 Å². The molecule has 202 valence electrons. The van der Waals surface area contributed by atoms with E-state index in [-0.39, 0.29) is 29.2 Å². The molecular weight excluding hydrogens is 627 g/mol. The van der Waals surface area contributed by atoms with Crippen LogP contribution in [-0.4, -0.2) is 35.7 Å². The molecule has 3 aromatic rings. The zero-order valence-corrected chi connectivity index (χ0v) is 25.1. The van der Waals surface area contributed by atoms with Gasteiger partial charge < -0.3 is 14.8 Å². The second-order valence-electron chi connectivity index (χ2n) is 8.61. The second kappa shape index (κ2) is 12.5. The molecule has 0 saturated carbocycles. The van der Waals surface area contributed by atoms with Crippen molar-refractivity contribution in [3.8, 4) is 11.5 Å². The first kappa shape index (κ1) is 29.0. The van der Waals surface area contributed by atoms with Gasteiger partial charge in [0.15, 0.2) is 18.1 Å². The molecule has 1 aliphatic heterocycles. The molecule has 1 saturated heterocycles. The van der Waals surface area contributed by atoms with Crippen LogP contribution in [0, 0.1) is 13.8 Å². The number of hydrogen-bond acceptors (Lipinski definition) is 6. The molecule has 11 heteroatoms. The van der Waals surface area contributed by atoms with Crippen LogP contribution >= 0.6 is 50.9 Å². The number of halogens is 3. The molecule has 1 N–H and O–H groups in total. The lowest BCUT2D eigenvalue weighted by atomic mass is 10.1. The van der Waals surface area contributed by atoms with E-state index in [1.165, 1.54) is 7.11 Å². The minimum absolute atomic E-state index is 0.0798. The van der Waals surface area contributed by atoms with Crippen LogP contribution in [0.25, 0.3) is 6.08 Å². The lowest BCUT2D eigenvalue weighted by Crippen LogP contribution is -2.27. The fourth-order valence-corrected chi connectivity index (χ4v) is 5.34. The maximum absolute atomic E-state index is 12.9. The third kappa shape index (κ3) is 6.78. The number of thioether (sulfide) groups is 1. The number of nitrogens with zero attached hydrogens (tertiary/aromatic N) is 1. The van der Waals surface area contributed by atoms with Crippen LogP contribution in [0.15, 0.2) is 57.9 Å². The van der Waals surface area contributed by atoms with E-state index in [2.05, 4.69) is 21.2 Å². The van der Waals surface area contributed by atoms with Crippen molar-refractivity contribution < 1.29 is 23.9 Å². The van der Waals surface area contributed by atoms with Crippen LogP contribution in [0.5, 0.6) is 11.5 Å². The SMILES string of the molecule is COc1cc(/C=C2/SC(=O)N(Cc3ccc(Cl)c(Cl)c3)C2=O)ccc1OCC(=O)Nc1ccc(Br)c(C)c1C. The third-order valence-corrected chi connectivity index (χ3v) is 8.54. The number of hydrogen-bond donors (Lipinski definition) is 1. The fraction of sp³-hybridized carbons (Fsp3) is 0.179. The van der Waals surface area contributed by atoms with E-state index in [4.69, 9.17) is 32.7 Å². The number of anilines is 1. The summed E-state index contributed by atoms with van der Waals surface area (Å²) in [5, 5.41) is 3.22. The molecule has 1 heterocycles. The molecule has 1 aliphatic rings. The highest BCUT2D eigenvalue weighted by atomic mass is 79.9. The number of benzene rings is 3. The van der Waals surface area contributed by atoms with Gasteiger partial charge in [-0.3, -0.25) is 19.3 Å². The molecule has 3 amide bonds. The van der Waals surface area contributed by atoms with Gasteiger partial charge in [-0.15, -0.1) is 0 Å². The van der Waals surface area contributed by atoms with Crippen LogP contribution in [-0.2, 0) is 16.1 Å². The summed E-state index contributed by atoms with van der Waals surface area (Å²) in [5.74, 6) is 0.00981. The van der Waals surface area contributed by atoms with Gasteiger partial charge in [-0.1, -0.05) is 51.3 Å². The number of carbonyl (C=O) groups excluding carboxylic acids is 3. The van der Waals surface area contributed by atoms with Crippen molar-refractivity contribution in [2.75, 3.05) is 19.0 Å². The summed E-state index contributed by atoms with van der Waals surface area (Å²) in [6.07, 6.45) is 1.61. The van der Waals surface area contributed by atoms with E-state index < -0.39 is 5.91 Å². The number of rotatable bonds is 8. The summed E-state index contributed by atoms with van der Waals surface area (Å²) < 4.78 is 12.1. The summed E-state index contributed by atoms with van der Waals surface area (Å²) in [5.41, 5.74) is 4.02. The topological polar surface area (TPSA) is 84.9 Å². The fourth-order valence-electron chi connectivity index (χ4n) is 3.75. The lowest BCUT2D eigenvalue weighted by molar-refractivity contribution is -0.123. The number of ether oxygens (including phenoxy) is 2. The van der Waals surface area contributed by atoms with Gasteiger partial charge in [-0.05, 0) is 90.3 Å². The summed E-state index contributed by atoms with van der Waals surface area (Å²) in [6, 6.07) is 13.7. The summed E-state index contributed by atoms with van der Waals surface area (Å²) in [7, 11) is 1.48. The Balaban J connectivity index is 1.42. The Kier molecular flexibility index (Phi) is 9.27. The van der Waals surface area contributed by atoms with Crippen molar-refractivity contribution in [1.29, 1.82) is 0 Å². The molecule has 0 aromatic heterocycles. The number of imide groups is 1. The van der Waals surface area contributed by atoms with E-state index in [0.29, 0.717) is 38.4 Å². The zero-order chi connectivity index (χ0) is 28.3. The van der Waals surface area contributed by atoms with Crippen LogP contribution in [0.4, 0.5) is 10.5 Å². The molecule has 1 fully saturated rings. The smallest absolute Gasteiger partial charge is 0.293 e. The van der Waals surface area contributed by atoms with E-state index in [0.717, 1.165) is 32.3 Å². The van der Waals surface area contributed by atoms with Gasteiger partial charge in [0.25, 0.3) is 17.1 Å². The quantitative estimate of drug-likeness (QED) is 0.253. The van der Waals surface area contributed by atoms with Gasteiger partial charge in [-0.25, -0.2) is 0 Å². The standard InChI is InChI=1S/C28H23BrCl2N2O5S/c1-15-16(2)22(8-6-19(15)29)32-26(34)14-38-23-9-5-17(11-24(23)37-3)12-25-27(35)33(28(36)39-25)13-18-4-7-20(30)21(31)10-18/h4-12H,13-14H2,1-3H3,(H,32,34)/b25-12+. The largest absolute Gasteiger partial charge is 0.493 e. The predicted octanol–water partition coefficient (Wildman–Crippen LogP) is 7.64. The van der Waals surface area contributed by atoms with Gasteiger partial charge in [-0.2, -0.15) is 0 Å². The Morgan fingerprint density at radius 3 is 2.51 bits per heavy atom. The predicted molar refractivity (Wildman–Crippen MR) is 159 cm³/mol. The van der Waals surface area contributed by atoms with Crippen molar-refractivity contribution in [3.05, 3.63) is 90.2 Å². The number of carbonyl (C=O) groups is 3. The Morgan fingerprint density at radius 2 is 1.79 bits per heavy atom. The maximum atomic E-state index is 12.9. The van der Waals surface area contributed by atoms with Crippen molar-refractivity contribution in [3.63, 3.8) is 0 Å². The summed E-state index contributed by atoms with van der Waals surface area (Å²) in [4.78, 5) is 39.4. The molecule has 0 unspecified atom stereocenters. The molecule has 3 aromatic carbocycles. The van der Waals surface area contributed by atoms with E-state index in [9.17, 15) is 14.4 Å². The first-order valence-electron chi connectivity index (χ1n) is 11.6. The van der Waals surface area contributed by atoms with E-state index in [1.54, 1.807) is 42.5 Å². The molecule has 0 atom stereocenters. The van der Waals surface area contributed by atoms with Crippen molar-refractivity contribution >= 4 is 79.7 Å². The van der Waals surface area contributed by atoms with E-state index >= 15 is 0 Å². The van der Waals surface area contributed by atoms with Crippen LogP contribution < -0.4 is 14.8 Å². The average Bonchev–Trinajstić information content (AvgIpc) is 3.17. The zero-order valence-electron chi connectivity index (χ0n) is 21.1. The van der Waals surface area contributed by atoms with Gasteiger partial charge in [0, 0.05) is 10.2 Å². The Morgan fingerprint density at radius 1 is 1.03 bits per heavy atom. The monoisotopic (exact) mass is 648 g/mol. The van der Waals surface area contributed by atoms with Crippen molar-refractivity contribution in [1.82, 2.24) is 4.90 Å². The number of amides is 3. The van der Waals surface area contributed by atoms with Gasteiger partial charge in [0.1, 0.15) is 0 Å². The average molecular weight is 650 g/mol. The highest BCUT2D eigenvalue weighted by Crippen LogP contribution is 2.36. The molecule has 0 radical (unpaired) electrons. The molecule has 0 aliphatic carbocycles. The Bertz CT molecular complexity index is 1510. The van der Waals surface area contributed by atoms with Gasteiger partial charge in [0.2, 0.25) is 0 Å². The molecule has 4 rings (SSSR count). The summed E-state index contributed by atoms with van der Waals surface area (Å²) in [6.45, 7) is 3.75. The van der Waals surface area contributed by atoms with Crippen molar-refractivity contribution in [2.45, 2.75) is 20.4 Å². The highest BCUT2D eigenvalue weighted by molar-refractivity contribution is 9.10. The second-order valence-corrected chi connectivity index (χ2v) is 11.3. The normalized spacial score (nSPS) is 14.2. The maximum Gasteiger partial charge on any atom is 0.293 e. The minimum Gasteiger partial charge on any atom is -0.493 e. The molecular formula is C28H23BrCl2N2O5S. The molecule has 7 nitrogen and oxygen atoms in total. The van der Waals surface area contributed by atoms with Crippen LogP contribution in [0.1, 0.15) is 22.3 Å². The molecule has 0 bridgehead atoms. The molecule has 0 spiro atoms.